The van der Waals surface area contributed by atoms with Gasteiger partial charge in [-0.15, -0.1) is 0 Å². The fraction of sp³-hybridized carbons (Fsp3) is 0.692. The molecule has 0 aromatic carbocycles. The number of rotatable bonds is 5. The van der Waals surface area contributed by atoms with Crippen LogP contribution in [-0.4, -0.2) is 15.6 Å². The molecule has 1 aromatic rings. The zero-order valence-electron chi connectivity index (χ0n) is 10.4. The second-order valence-electron chi connectivity index (χ2n) is 4.96. The summed E-state index contributed by atoms with van der Waals surface area (Å²) >= 11 is 0. The van der Waals surface area contributed by atoms with Crippen LogP contribution in [0.1, 0.15) is 42.6 Å². The number of hydrogen-bond acceptors (Lipinski definition) is 2. The fourth-order valence-electron chi connectivity index (χ4n) is 2.19. The fourth-order valence-corrected chi connectivity index (χ4v) is 2.19. The van der Waals surface area contributed by atoms with Gasteiger partial charge in [-0.3, -0.25) is 9.48 Å². The molecule has 0 saturated heterocycles. The molecule has 1 saturated carbocycles. The molecule has 0 aliphatic heterocycles. The van der Waals surface area contributed by atoms with E-state index in [1.165, 1.54) is 24.1 Å². The Hall–Kier alpha value is -1.12. The molecule has 1 heterocycles. The Morgan fingerprint density at radius 3 is 2.62 bits per heavy atom. The Morgan fingerprint density at radius 1 is 1.44 bits per heavy atom. The molecule has 1 aliphatic rings. The lowest BCUT2D eigenvalue weighted by atomic mass is 10.0. The van der Waals surface area contributed by atoms with E-state index in [0.717, 1.165) is 18.5 Å². The van der Waals surface area contributed by atoms with E-state index in [9.17, 15) is 4.79 Å². The predicted molar refractivity (Wildman–Crippen MR) is 63.4 cm³/mol. The average Bonchev–Trinajstić information content (AvgIpc) is 2.97. The second-order valence-corrected chi connectivity index (χ2v) is 4.96. The number of aryl methyl sites for hydroxylation is 2. The SMILES string of the molecule is Cc1nn(C)c(C)c1CCC(=O)CC1CC1. The molecule has 2 rings (SSSR count). The van der Waals surface area contributed by atoms with Crippen molar-refractivity contribution in [2.45, 2.75) is 46.0 Å². The smallest absolute Gasteiger partial charge is 0.133 e. The molecule has 88 valence electrons. The summed E-state index contributed by atoms with van der Waals surface area (Å²) in [5, 5.41) is 4.37. The van der Waals surface area contributed by atoms with Crippen LogP contribution in [0, 0.1) is 19.8 Å². The Balaban J connectivity index is 1.90. The van der Waals surface area contributed by atoms with E-state index < -0.39 is 0 Å². The highest BCUT2D eigenvalue weighted by molar-refractivity contribution is 5.79. The van der Waals surface area contributed by atoms with Crippen LogP contribution in [-0.2, 0) is 18.3 Å². The lowest BCUT2D eigenvalue weighted by Gasteiger charge is -2.01. The number of carbonyl (C=O) groups is 1. The van der Waals surface area contributed by atoms with Crippen LogP contribution < -0.4 is 0 Å². The molecule has 0 bridgehead atoms. The number of ketones is 1. The van der Waals surface area contributed by atoms with E-state index in [0.29, 0.717) is 18.1 Å². The molecule has 0 amide bonds. The van der Waals surface area contributed by atoms with Crippen LogP contribution in [0.15, 0.2) is 0 Å². The monoisotopic (exact) mass is 220 g/mol. The lowest BCUT2D eigenvalue weighted by Crippen LogP contribution is -2.02. The van der Waals surface area contributed by atoms with Crippen LogP contribution in [0.3, 0.4) is 0 Å². The average molecular weight is 220 g/mol. The Kier molecular flexibility index (Phi) is 3.13. The molecule has 1 aromatic heterocycles. The first kappa shape index (κ1) is 11.4. The lowest BCUT2D eigenvalue weighted by molar-refractivity contribution is -0.119. The van der Waals surface area contributed by atoms with E-state index in [2.05, 4.69) is 12.0 Å². The first-order chi connectivity index (χ1) is 7.58. The minimum Gasteiger partial charge on any atom is -0.300 e. The maximum Gasteiger partial charge on any atom is 0.133 e. The number of carbonyl (C=O) groups excluding carboxylic acids is 1. The molecule has 0 unspecified atom stereocenters. The number of aromatic nitrogens is 2. The summed E-state index contributed by atoms with van der Waals surface area (Å²) in [4.78, 5) is 11.7. The highest BCUT2D eigenvalue weighted by Gasteiger charge is 2.24. The molecule has 1 fully saturated rings. The molecule has 1 aliphatic carbocycles. The van der Waals surface area contributed by atoms with E-state index in [4.69, 9.17) is 0 Å². The summed E-state index contributed by atoms with van der Waals surface area (Å²) in [5.74, 6) is 1.13. The van der Waals surface area contributed by atoms with Crippen molar-refractivity contribution < 1.29 is 4.79 Å². The number of nitrogens with zero attached hydrogens (tertiary/aromatic N) is 2. The topological polar surface area (TPSA) is 34.9 Å². The molecule has 0 spiro atoms. The van der Waals surface area contributed by atoms with Gasteiger partial charge in [0.05, 0.1) is 5.69 Å². The molecule has 0 atom stereocenters. The Labute approximate surface area is 96.8 Å². The van der Waals surface area contributed by atoms with Crippen LogP contribution in [0.25, 0.3) is 0 Å². The third kappa shape index (κ3) is 2.52. The van der Waals surface area contributed by atoms with Gasteiger partial charge in [0.2, 0.25) is 0 Å². The zero-order chi connectivity index (χ0) is 11.7. The molecule has 3 heteroatoms. The van der Waals surface area contributed by atoms with Gasteiger partial charge in [0.1, 0.15) is 5.78 Å². The molecule has 16 heavy (non-hydrogen) atoms. The van der Waals surface area contributed by atoms with Crippen molar-refractivity contribution in [3.63, 3.8) is 0 Å². The third-order valence-corrected chi connectivity index (χ3v) is 3.53. The van der Waals surface area contributed by atoms with Gasteiger partial charge in [0, 0.05) is 25.6 Å². The summed E-state index contributed by atoms with van der Waals surface area (Å²) < 4.78 is 1.90. The summed E-state index contributed by atoms with van der Waals surface area (Å²) in [6, 6.07) is 0. The molecule has 0 N–H and O–H groups in total. The second kappa shape index (κ2) is 4.40. The third-order valence-electron chi connectivity index (χ3n) is 3.53. The molecular formula is C13H20N2O. The van der Waals surface area contributed by atoms with E-state index in [1.807, 2.05) is 18.7 Å². The van der Waals surface area contributed by atoms with Crippen molar-refractivity contribution in [2.24, 2.45) is 13.0 Å². The standard InChI is InChI=1S/C13H20N2O/c1-9-13(10(2)15(3)14-9)7-6-12(16)8-11-4-5-11/h11H,4-8H2,1-3H3. The first-order valence-corrected chi connectivity index (χ1v) is 6.08. The summed E-state index contributed by atoms with van der Waals surface area (Å²) in [5.41, 5.74) is 3.52. The van der Waals surface area contributed by atoms with Gasteiger partial charge in [-0.05, 0) is 44.6 Å². The predicted octanol–water partition coefficient (Wildman–Crippen LogP) is 2.34. The van der Waals surface area contributed by atoms with E-state index in [-0.39, 0.29) is 0 Å². The summed E-state index contributed by atoms with van der Waals surface area (Å²) in [7, 11) is 1.96. The van der Waals surface area contributed by atoms with Crippen molar-refractivity contribution >= 4 is 5.78 Å². The van der Waals surface area contributed by atoms with Gasteiger partial charge in [-0.25, -0.2) is 0 Å². The minimum atomic E-state index is 0.421. The van der Waals surface area contributed by atoms with Crippen LogP contribution in [0.4, 0.5) is 0 Å². The Bertz CT molecular complexity index is 402. The van der Waals surface area contributed by atoms with Gasteiger partial charge in [-0.2, -0.15) is 5.10 Å². The Morgan fingerprint density at radius 2 is 2.12 bits per heavy atom. The molecule has 3 nitrogen and oxygen atoms in total. The summed E-state index contributed by atoms with van der Waals surface area (Å²) in [6.45, 7) is 4.09. The zero-order valence-corrected chi connectivity index (χ0v) is 10.4. The van der Waals surface area contributed by atoms with Gasteiger partial charge >= 0.3 is 0 Å². The normalized spacial score (nSPS) is 15.4. The van der Waals surface area contributed by atoms with Gasteiger partial charge in [0.15, 0.2) is 0 Å². The van der Waals surface area contributed by atoms with Crippen LogP contribution in [0.2, 0.25) is 0 Å². The van der Waals surface area contributed by atoms with Gasteiger partial charge < -0.3 is 0 Å². The number of hydrogen-bond donors (Lipinski definition) is 0. The minimum absolute atomic E-state index is 0.421. The van der Waals surface area contributed by atoms with Crippen molar-refractivity contribution in [3.05, 3.63) is 17.0 Å². The summed E-state index contributed by atoms with van der Waals surface area (Å²) in [6.07, 6.45) is 4.87. The highest BCUT2D eigenvalue weighted by Crippen LogP contribution is 2.33. The molecule has 0 radical (unpaired) electrons. The van der Waals surface area contributed by atoms with Crippen molar-refractivity contribution in [1.82, 2.24) is 9.78 Å². The first-order valence-electron chi connectivity index (χ1n) is 6.08. The van der Waals surface area contributed by atoms with Crippen LogP contribution >= 0.6 is 0 Å². The van der Waals surface area contributed by atoms with Crippen molar-refractivity contribution in [1.29, 1.82) is 0 Å². The van der Waals surface area contributed by atoms with E-state index in [1.54, 1.807) is 0 Å². The maximum absolute atomic E-state index is 11.7. The van der Waals surface area contributed by atoms with E-state index >= 15 is 0 Å². The van der Waals surface area contributed by atoms with Crippen LogP contribution in [0.5, 0.6) is 0 Å². The van der Waals surface area contributed by atoms with Crippen molar-refractivity contribution in [3.8, 4) is 0 Å². The number of Topliss-reactive ketones (excluding diaryl/α,β-unsaturated/α-hetero) is 1. The van der Waals surface area contributed by atoms with Gasteiger partial charge in [-0.1, -0.05) is 0 Å². The quantitative estimate of drug-likeness (QED) is 0.763. The maximum atomic E-state index is 11.7. The van der Waals surface area contributed by atoms with Crippen molar-refractivity contribution in [2.75, 3.05) is 0 Å². The molecular weight excluding hydrogens is 200 g/mol. The highest BCUT2D eigenvalue weighted by atomic mass is 16.1. The van der Waals surface area contributed by atoms with Gasteiger partial charge in [0.25, 0.3) is 0 Å². The largest absolute Gasteiger partial charge is 0.300 e.